The Labute approximate surface area is 190 Å². The minimum atomic E-state index is -0.791. The molecule has 4 aromatic rings. The topological polar surface area (TPSA) is 116 Å². The Morgan fingerprint density at radius 3 is 2.94 bits per heavy atom. The summed E-state index contributed by atoms with van der Waals surface area (Å²) in [5.74, 6) is 2.87. The van der Waals surface area contributed by atoms with Crippen molar-refractivity contribution in [2.45, 2.75) is 44.1 Å². The number of aromatic amines is 1. The molecule has 168 valence electrons. The van der Waals surface area contributed by atoms with Gasteiger partial charge in [-0.3, -0.25) is 9.89 Å². The van der Waals surface area contributed by atoms with Crippen LogP contribution < -0.4 is 15.5 Å². The van der Waals surface area contributed by atoms with Crippen LogP contribution >= 0.6 is 0 Å². The first-order valence-electron chi connectivity index (χ1n) is 11.3. The van der Waals surface area contributed by atoms with E-state index in [1.165, 1.54) is 12.8 Å². The summed E-state index contributed by atoms with van der Waals surface area (Å²) in [5, 5.41) is 18.5. The SMILES string of the molecule is C[C@@]1(C(=O)Nc2ccccn2)CCCN1c1nc(Nc2cc(C3CC3)[nH]n2)c2cccn2n1. The Morgan fingerprint density at radius 1 is 1.21 bits per heavy atom. The van der Waals surface area contributed by atoms with Gasteiger partial charge >= 0.3 is 0 Å². The third kappa shape index (κ3) is 3.57. The Hall–Kier alpha value is -3.95. The highest BCUT2D eigenvalue weighted by molar-refractivity contribution is 5.99. The lowest BCUT2D eigenvalue weighted by Crippen LogP contribution is -2.52. The molecule has 0 spiro atoms. The summed E-state index contributed by atoms with van der Waals surface area (Å²) in [6, 6.07) is 11.4. The molecule has 1 atom stereocenters. The summed E-state index contributed by atoms with van der Waals surface area (Å²) in [6.45, 7) is 2.62. The quantitative estimate of drug-likeness (QED) is 0.418. The van der Waals surface area contributed by atoms with Crippen molar-refractivity contribution in [2.75, 3.05) is 22.1 Å². The van der Waals surface area contributed by atoms with Crippen LogP contribution in [0.15, 0.2) is 48.8 Å². The number of H-pyrrole nitrogens is 1. The number of aromatic nitrogens is 6. The van der Waals surface area contributed by atoms with Crippen molar-refractivity contribution >= 4 is 34.8 Å². The third-order valence-corrected chi connectivity index (χ3v) is 6.52. The van der Waals surface area contributed by atoms with Gasteiger partial charge in [0.15, 0.2) is 11.6 Å². The molecule has 5 heterocycles. The van der Waals surface area contributed by atoms with E-state index in [1.54, 1.807) is 16.8 Å². The normalized spacial score (nSPS) is 20.3. The number of rotatable bonds is 6. The highest BCUT2D eigenvalue weighted by Gasteiger charge is 2.45. The lowest BCUT2D eigenvalue weighted by Gasteiger charge is -2.33. The standard InChI is InChI=1S/C23H25N9O/c1-23(21(33)26-18-7-2-3-11-24-18)10-5-12-31(23)22-27-20(17-6-4-13-32(17)30-22)25-19-14-16(28-29-19)15-8-9-15/h2-4,6-7,11,13-15H,5,8-10,12H2,1H3,(H,24,26,33)(H2,25,27,28,29,30)/t23-/m0/s1. The number of nitrogens with one attached hydrogen (secondary N) is 3. The van der Waals surface area contributed by atoms with Crippen LogP contribution in [0.2, 0.25) is 0 Å². The maximum atomic E-state index is 13.3. The second kappa shape index (κ2) is 7.58. The fourth-order valence-corrected chi connectivity index (χ4v) is 4.46. The molecule has 1 amide bonds. The van der Waals surface area contributed by atoms with E-state index in [0.717, 1.165) is 23.4 Å². The van der Waals surface area contributed by atoms with Crippen LogP contribution in [0.5, 0.6) is 0 Å². The average molecular weight is 444 g/mol. The van der Waals surface area contributed by atoms with Crippen molar-refractivity contribution < 1.29 is 4.79 Å². The molecule has 0 aromatic carbocycles. The summed E-state index contributed by atoms with van der Waals surface area (Å²) in [5.41, 5.74) is 1.20. The zero-order valence-electron chi connectivity index (χ0n) is 18.3. The lowest BCUT2D eigenvalue weighted by atomic mass is 9.98. The Balaban J connectivity index is 1.32. The van der Waals surface area contributed by atoms with Crippen molar-refractivity contribution in [1.82, 2.24) is 29.8 Å². The molecule has 6 rings (SSSR count). The van der Waals surface area contributed by atoms with Gasteiger partial charge in [0, 0.05) is 36.6 Å². The van der Waals surface area contributed by atoms with E-state index in [0.29, 0.717) is 36.5 Å². The van der Waals surface area contributed by atoms with Crippen LogP contribution in [0.3, 0.4) is 0 Å². The molecule has 0 radical (unpaired) electrons. The Morgan fingerprint density at radius 2 is 2.12 bits per heavy atom. The molecule has 33 heavy (non-hydrogen) atoms. The number of hydrogen-bond acceptors (Lipinski definition) is 7. The van der Waals surface area contributed by atoms with Crippen molar-refractivity contribution in [2.24, 2.45) is 0 Å². The van der Waals surface area contributed by atoms with Crippen LogP contribution in [0.1, 0.15) is 44.2 Å². The average Bonchev–Trinajstić information content (AvgIpc) is 3.20. The minimum absolute atomic E-state index is 0.120. The van der Waals surface area contributed by atoms with Gasteiger partial charge in [0.1, 0.15) is 16.9 Å². The van der Waals surface area contributed by atoms with Gasteiger partial charge in [-0.05, 0) is 56.9 Å². The lowest BCUT2D eigenvalue weighted by molar-refractivity contribution is -0.120. The van der Waals surface area contributed by atoms with E-state index in [4.69, 9.17) is 10.1 Å². The molecule has 0 unspecified atom stereocenters. The van der Waals surface area contributed by atoms with Crippen molar-refractivity contribution in [1.29, 1.82) is 0 Å². The Kier molecular flexibility index (Phi) is 4.53. The highest BCUT2D eigenvalue weighted by atomic mass is 16.2. The van der Waals surface area contributed by atoms with Gasteiger partial charge in [-0.2, -0.15) is 10.1 Å². The number of anilines is 4. The van der Waals surface area contributed by atoms with Gasteiger partial charge in [0.2, 0.25) is 5.95 Å². The van der Waals surface area contributed by atoms with Gasteiger partial charge in [-0.1, -0.05) is 6.07 Å². The second-order valence-electron chi connectivity index (χ2n) is 8.90. The molecule has 2 aliphatic rings. The van der Waals surface area contributed by atoms with Crippen molar-refractivity contribution in [3.8, 4) is 0 Å². The predicted octanol–water partition coefficient (Wildman–Crippen LogP) is 3.47. The number of fused-ring (bicyclic) bond motifs is 1. The first-order valence-corrected chi connectivity index (χ1v) is 11.3. The Bertz CT molecular complexity index is 1310. The van der Waals surface area contributed by atoms with Gasteiger partial charge in [-0.15, -0.1) is 5.10 Å². The number of nitrogens with zero attached hydrogens (tertiary/aromatic N) is 6. The maximum Gasteiger partial charge on any atom is 0.251 e. The summed E-state index contributed by atoms with van der Waals surface area (Å²) in [7, 11) is 0. The molecule has 3 N–H and O–H groups in total. The third-order valence-electron chi connectivity index (χ3n) is 6.52. The first kappa shape index (κ1) is 19.7. The van der Waals surface area contributed by atoms with Crippen LogP contribution in [-0.2, 0) is 4.79 Å². The van der Waals surface area contributed by atoms with E-state index in [2.05, 4.69) is 25.8 Å². The number of carbonyl (C=O) groups excluding carboxylic acids is 1. The predicted molar refractivity (Wildman–Crippen MR) is 125 cm³/mol. The number of pyridine rings is 1. The molecule has 1 saturated carbocycles. The fourth-order valence-electron chi connectivity index (χ4n) is 4.46. The van der Waals surface area contributed by atoms with Crippen LogP contribution in [0, 0.1) is 0 Å². The fraction of sp³-hybridized carbons (Fsp3) is 0.348. The smallest absolute Gasteiger partial charge is 0.251 e. The van der Waals surface area contributed by atoms with E-state index in [-0.39, 0.29) is 5.91 Å². The van der Waals surface area contributed by atoms with Gasteiger partial charge in [0.25, 0.3) is 5.91 Å². The monoisotopic (exact) mass is 443 g/mol. The summed E-state index contributed by atoms with van der Waals surface area (Å²) in [6.07, 6.45) is 7.52. The molecule has 1 aliphatic carbocycles. The van der Waals surface area contributed by atoms with E-state index in [9.17, 15) is 4.79 Å². The first-order chi connectivity index (χ1) is 16.1. The summed E-state index contributed by atoms with van der Waals surface area (Å²) in [4.78, 5) is 24.3. The van der Waals surface area contributed by atoms with Crippen LogP contribution in [0.25, 0.3) is 5.52 Å². The van der Waals surface area contributed by atoms with Crippen LogP contribution in [0.4, 0.5) is 23.4 Å². The molecule has 0 bridgehead atoms. The van der Waals surface area contributed by atoms with Crippen molar-refractivity contribution in [3.63, 3.8) is 0 Å². The number of hydrogen-bond donors (Lipinski definition) is 3. The van der Waals surface area contributed by atoms with Crippen molar-refractivity contribution in [3.05, 3.63) is 54.5 Å². The summed E-state index contributed by atoms with van der Waals surface area (Å²) < 4.78 is 1.79. The zero-order valence-corrected chi connectivity index (χ0v) is 18.3. The molecular formula is C23H25N9O. The molecular weight excluding hydrogens is 418 g/mol. The van der Waals surface area contributed by atoms with E-state index >= 15 is 0 Å². The van der Waals surface area contributed by atoms with E-state index in [1.807, 2.05) is 48.4 Å². The number of carbonyl (C=O) groups is 1. The van der Waals surface area contributed by atoms with Gasteiger partial charge < -0.3 is 15.5 Å². The molecule has 1 saturated heterocycles. The van der Waals surface area contributed by atoms with Gasteiger partial charge in [-0.25, -0.2) is 9.50 Å². The molecule has 4 aromatic heterocycles. The highest BCUT2D eigenvalue weighted by Crippen LogP contribution is 2.40. The van der Waals surface area contributed by atoms with E-state index < -0.39 is 5.54 Å². The minimum Gasteiger partial charge on any atom is -0.325 e. The molecule has 1 aliphatic heterocycles. The molecule has 10 nitrogen and oxygen atoms in total. The molecule has 2 fully saturated rings. The second-order valence-corrected chi connectivity index (χ2v) is 8.90. The molecule has 10 heteroatoms. The summed E-state index contributed by atoms with van der Waals surface area (Å²) >= 11 is 0. The maximum absolute atomic E-state index is 13.3. The van der Waals surface area contributed by atoms with Crippen LogP contribution in [-0.4, -0.2) is 47.8 Å². The van der Waals surface area contributed by atoms with Gasteiger partial charge in [0.05, 0.1) is 0 Å². The zero-order chi connectivity index (χ0) is 22.4. The number of amides is 1. The largest absolute Gasteiger partial charge is 0.325 e.